The van der Waals surface area contributed by atoms with E-state index >= 15 is 0 Å². The van der Waals surface area contributed by atoms with Crippen molar-refractivity contribution in [3.05, 3.63) is 47.5 Å². The number of nitrogens with zero attached hydrogens (tertiary/aromatic N) is 1. The minimum Gasteiger partial charge on any atom is -0.348 e. The van der Waals surface area contributed by atoms with Crippen molar-refractivity contribution in [1.82, 2.24) is 9.97 Å². The van der Waals surface area contributed by atoms with Crippen molar-refractivity contribution in [1.29, 1.82) is 0 Å². The van der Waals surface area contributed by atoms with Gasteiger partial charge in [-0.2, -0.15) is 0 Å². The number of benzene rings is 1. The first-order valence-electron chi connectivity index (χ1n) is 5.49. The van der Waals surface area contributed by atoms with Gasteiger partial charge < -0.3 is 4.98 Å². The lowest BCUT2D eigenvalue weighted by Crippen LogP contribution is -2.11. The molecular weight excluding hydrogens is 250 g/mol. The number of nitrogens with one attached hydrogen (secondary N) is 2. The highest BCUT2D eigenvalue weighted by Gasteiger charge is 2.08. The summed E-state index contributed by atoms with van der Waals surface area (Å²) in [5.41, 5.74) is 3.61. The Balaban J connectivity index is 2.30. The SMILES string of the molecule is Cc1c(Cc2cnc[nH]2)cccc1NS(C)(=O)=O. The average molecular weight is 265 g/mol. The van der Waals surface area contributed by atoms with Gasteiger partial charge in [-0.3, -0.25) is 4.72 Å². The van der Waals surface area contributed by atoms with Gasteiger partial charge >= 0.3 is 0 Å². The molecule has 0 atom stereocenters. The third-order valence-electron chi connectivity index (χ3n) is 2.68. The molecule has 1 aromatic heterocycles. The topological polar surface area (TPSA) is 74.8 Å². The van der Waals surface area contributed by atoms with E-state index in [1.165, 1.54) is 0 Å². The maximum atomic E-state index is 11.3. The number of anilines is 1. The van der Waals surface area contributed by atoms with Gasteiger partial charge in [0.2, 0.25) is 10.0 Å². The summed E-state index contributed by atoms with van der Waals surface area (Å²) in [5, 5.41) is 0. The number of aromatic nitrogens is 2. The van der Waals surface area contributed by atoms with Gasteiger partial charge in [-0.25, -0.2) is 13.4 Å². The molecule has 0 bridgehead atoms. The van der Waals surface area contributed by atoms with E-state index in [9.17, 15) is 8.42 Å². The molecule has 0 amide bonds. The molecule has 2 N–H and O–H groups in total. The van der Waals surface area contributed by atoms with Crippen LogP contribution in [0.4, 0.5) is 5.69 Å². The zero-order chi connectivity index (χ0) is 13.2. The summed E-state index contributed by atoms with van der Waals surface area (Å²) >= 11 is 0. The summed E-state index contributed by atoms with van der Waals surface area (Å²) in [5.74, 6) is 0. The monoisotopic (exact) mass is 265 g/mol. The van der Waals surface area contributed by atoms with E-state index in [2.05, 4.69) is 14.7 Å². The van der Waals surface area contributed by atoms with Crippen molar-refractivity contribution in [3.8, 4) is 0 Å². The molecule has 5 nitrogen and oxygen atoms in total. The normalized spacial score (nSPS) is 11.4. The van der Waals surface area contributed by atoms with Crippen molar-refractivity contribution < 1.29 is 8.42 Å². The molecule has 96 valence electrons. The fourth-order valence-corrected chi connectivity index (χ4v) is 2.39. The summed E-state index contributed by atoms with van der Waals surface area (Å²) in [6, 6.07) is 5.57. The molecule has 0 saturated heterocycles. The van der Waals surface area contributed by atoms with Crippen LogP contribution in [0.2, 0.25) is 0 Å². The van der Waals surface area contributed by atoms with Crippen LogP contribution in [0.1, 0.15) is 16.8 Å². The molecule has 1 heterocycles. The lowest BCUT2D eigenvalue weighted by Gasteiger charge is -2.11. The molecular formula is C12H15N3O2S. The van der Waals surface area contributed by atoms with Crippen LogP contribution in [0, 0.1) is 6.92 Å². The van der Waals surface area contributed by atoms with Crippen LogP contribution in [-0.2, 0) is 16.4 Å². The quantitative estimate of drug-likeness (QED) is 0.883. The molecule has 18 heavy (non-hydrogen) atoms. The number of rotatable bonds is 4. The highest BCUT2D eigenvalue weighted by atomic mass is 32.2. The molecule has 0 fully saturated rings. The summed E-state index contributed by atoms with van der Waals surface area (Å²) in [4.78, 5) is 6.99. The van der Waals surface area contributed by atoms with Gasteiger partial charge in [-0.15, -0.1) is 0 Å². The number of hydrogen-bond donors (Lipinski definition) is 2. The summed E-state index contributed by atoms with van der Waals surface area (Å²) in [6.45, 7) is 1.90. The van der Waals surface area contributed by atoms with Crippen LogP contribution >= 0.6 is 0 Å². The van der Waals surface area contributed by atoms with Crippen LogP contribution in [0.25, 0.3) is 0 Å². The predicted molar refractivity (Wildman–Crippen MR) is 71.0 cm³/mol. The molecule has 2 rings (SSSR count). The smallest absolute Gasteiger partial charge is 0.229 e. The van der Waals surface area contributed by atoms with E-state index in [-0.39, 0.29) is 0 Å². The third-order valence-corrected chi connectivity index (χ3v) is 3.27. The molecule has 0 spiro atoms. The first-order chi connectivity index (χ1) is 8.46. The maximum absolute atomic E-state index is 11.3. The molecule has 2 aromatic rings. The largest absolute Gasteiger partial charge is 0.348 e. The Labute approximate surface area is 106 Å². The average Bonchev–Trinajstić information content (AvgIpc) is 2.75. The Morgan fingerprint density at radius 1 is 1.39 bits per heavy atom. The highest BCUT2D eigenvalue weighted by Crippen LogP contribution is 2.21. The lowest BCUT2D eigenvalue weighted by atomic mass is 10.0. The number of hydrogen-bond acceptors (Lipinski definition) is 3. The Kier molecular flexibility index (Phi) is 3.38. The fraction of sp³-hybridized carbons (Fsp3) is 0.250. The second kappa shape index (κ2) is 4.81. The van der Waals surface area contributed by atoms with Crippen molar-refractivity contribution in [2.45, 2.75) is 13.3 Å². The summed E-state index contributed by atoms with van der Waals surface area (Å²) < 4.78 is 25.0. The van der Waals surface area contributed by atoms with E-state index in [1.807, 2.05) is 19.1 Å². The van der Waals surface area contributed by atoms with Gasteiger partial charge in [-0.1, -0.05) is 12.1 Å². The minimum absolute atomic E-state index is 0.620. The van der Waals surface area contributed by atoms with Crippen LogP contribution < -0.4 is 4.72 Å². The van der Waals surface area contributed by atoms with Crippen molar-refractivity contribution in [3.63, 3.8) is 0 Å². The minimum atomic E-state index is -3.25. The number of imidazole rings is 1. The summed E-state index contributed by atoms with van der Waals surface area (Å²) in [6.07, 6.45) is 5.23. The molecule has 0 aliphatic rings. The Hall–Kier alpha value is -1.82. The molecule has 0 aliphatic carbocycles. The number of H-pyrrole nitrogens is 1. The first kappa shape index (κ1) is 12.6. The molecule has 0 aliphatic heterocycles. The molecule has 1 aromatic carbocycles. The van der Waals surface area contributed by atoms with Crippen LogP contribution in [0.5, 0.6) is 0 Å². The van der Waals surface area contributed by atoms with Gasteiger partial charge in [0.15, 0.2) is 0 Å². The standard InChI is InChI=1S/C12H15N3O2S/c1-9-10(6-11-7-13-8-14-11)4-3-5-12(9)15-18(2,16)17/h3-5,7-8,15H,6H2,1-2H3,(H,13,14). The fourth-order valence-electron chi connectivity index (χ4n) is 1.77. The van der Waals surface area contributed by atoms with Crippen molar-refractivity contribution >= 4 is 15.7 Å². The van der Waals surface area contributed by atoms with E-state index in [0.29, 0.717) is 12.1 Å². The first-order valence-corrected chi connectivity index (χ1v) is 7.38. The van der Waals surface area contributed by atoms with Gasteiger partial charge in [0.05, 0.1) is 18.3 Å². The van der Waals surface area contributed by atoms with Gasteiger partial charge in [-0.05, 0) is 24.1 Å². The molecule has 0 radical (unpaired) electrons. The highest BCUT2D eigenvalue weighted by molar-refractivity contribution is 7.92. The van der Waals surface area contributed by atoms with E-state index in [0.717, 1.165) is 23.1 Å². The van der Waals surface area contributed by atoms with E-state index in [1.54, 1.807) is 18.6 Å². The van der Waals surface area contributed by atoms with Crippen LogP contribution in [-0.4, -0.2) is 24.6 Å². The van der Waals surface area contributed by atoms with Crippen molar-refractivity contribution in [2.24, 2.45) is 0 Å². The Morgan fingerprint density at radius 3 is 2.78 bits per heavy atom. The Bertz CT molecular complexity index is 633. The zero-order valence-electron chi connectivity index (χ0n) is 10.3. The molecule has 0 saturated carbocycles. The lowest BCUT2D eigenvalue weighted by molar-refractivity contribution is 0.607. The summed E-state index contributed by atoms with van der Waals surface area (Å²) in [7, 11) is -3.25. The second-order valence-corrected chi connectivity index (χ2v) is 5.97. The Morgan fingerprint density at radius 2 is 2.17 bits per heavy atom. The van der Waals surface area contributed by atoms with Crippen LogP contribution in [0.15, 0.2) is 30.7 Å². The van der Waals surface area contributed by atoms with Crippen molar-refractivity contribution in [2.75, 3.05) is 11.0 Å². The zero-order valence-corrected chi connectivity index (χ0v) is 11.1. The van der Waals surface area contributed by atoms with Gasteiger partial charge in [0, 0.05) is 18.3 Å². The molecule has 0 unspecified atom stereocenters. The number of sulfonamides is 1. The third kappa shape index (κ3) is 3.10. The van der Waals surface area contributed by atoms with E-state index < -0.39 is 10.0 Å². The molecule has 6 heteroatoms. The van der Waals surface area contributed by atoms with Gasteiger partial charge in [0.1, 0.15) is 0 Å². The van der Waals surface area contributed by atoms with E-state index in [4.69, 9.17) is 0 Å². The predicted octanol–water partition coefficient (Wildman–Crippen LogP) is 1.68. The second-order valence-electron chi connectivity index (χ2n) is 4.22. The van der Waals surface area contributed by atoms with Gasteiger partial charge in [0.25, 0.3) is 0 Å². The number of aromatic amines is 1. The maximum Gasteiger partial charge on any atom is 0.229 e. The van der Waals surface area contributed by atoms with Crippen LogP contribution in [0.3, 0.4) is 0 Å².